The van der Waals surface area contributed by atoms with Crippen LogP contribution in [-0.4, -0.2) is 41.0 Å². The minimum atomic E-state index is -0.247. The van der Waals surface area contributed by atoms with Crippen molar-refractivity contribution in [3.8, 4) is 11.4 Å². The number of halogens is 2. The minimum Gasteiger partial charge on any atom is -0.342 e. The topological polar surface area (TPSA) is 44.0 Å². The normalized spacial score (nSPS) is 15.2. The molecule has 192 valence electrons. The van der Waals surface area contributed by atoms with E-state index in [4.69, 9.17) is 4.98 Å². The number of imidazole rings is 1. The quantitative estimate of drug-likeness (QED) is 0.272. The van der Waals surface area contributed by atoms with Gasteiger partial charge >= 0.3 is 0 Å². The molecule has 4 nitrogen and oxygen atoms in total. The predicted octanol–water partition coefficient (Wildman–Crippen LogP) is 6.61. The van der Waals surface area contributed by atoms with Crippen LogP contribution in [0.25, 0.3) is 11.4 Å². The minimum absolute atomic E-state index is 0.0741. The van der Waals surface area contributed by atoms with Crippen molar-refractivity contribution in [2.75, 3.05) is 26.2 Å². The largest absolute Gasteiger partial charge is 0.342 e. The van der Waals surface area contributed by atoms with Crippen LogP contribution in [0.5, 0.6) is 0 Å². The van der Waals surface area contributed by atoms with E-state index in [0.717, 1.165) is 79.3 Å². The highest BCUT2D eigenvalue weighted by atomic mass is 19.1. The number of nitrogens with zero attached hydrogens (tertiary/aromatic N) is 2. The van der Waals surface area contributed by atoms with Gasteiger partial charge in [0.05, 0.1) is 11.7 Å². The Bertz CT molecular complexity index is 1220. The number of H-pyrrole nitrogens is 1. The Hall–Kier alpha value is -3.35. The molecule has 37 heavy (non-hydrogen) atoms. The molecule has 5 rings (SSSR count). The highest BCUT2D eigenvalue weighted by Crippen LogP contribution is 2.34. The number of nitrogens with one attached hydrogen (secondary N) is 2. The molecule has 0 radical (unpaired) electrons. The summed E-state index contributed by atoms with van der Waals surface area (Å²) in [6.07, 6.45) is 2.80. The van der Waals surface area contributed by atoms with Crippen molar-refractivity contribution >= 4 is 0 Å². The second kappa shape index (κ2) is 11.8. The summed E-state index contributed by atoms with van der Waals surface area (Å²) in [5.41, 5.74) is 5.41. The van der Waals surface area contributed by atoms with Gasteiger partial charge in [0, 0.05) is 43.4 Å². The van der Waals surface area contributed by atoms with Gasteiger partial charge in [-0.3, -0.25) is 4.90 Å². The number of hydrogen-bond acceptors (Lipinski definition) is 3. The Morgan fingerprint density at radius 1 is 0.811 bits per heavy atom. The molecule has 6 heteroatoms. The van der Waals surface area contributed by atoms with Crippen LogP contribution in [0.1, 0.15) is 53.7 Å². The fourth-order valence-electron chi connectivity index (χ4n) is 5.45. The number of aromatic nitrogens is 2. The van der Waals surface area contributed by atoms with Gasteiger partial charge in [-0.25, -0.2) is 13.8 Å². The number of benzene rings is 3. The summed E-state index contributed by atoms with van der Waals surface area (Å²) in [4.78, 5) is 11.1. The van der Waals surface area contributed by atoms with Gasteiger partial charge in [-0.15, -0.1) is 0 Å². The van der Waals surface area contributed by atoms with Crippen molar-refractivity contribution in [2.24, 2.45) is 0 Å². The van der Waals surface area contributed by atoms with Crippen LogP contribution in [0.4, 0.5) is 8.78 Å². The Labute approximate surface area is 217 Å². The summed E-state index contributed by atoms with van der Waals surface area (Å²) in [6, 6.07) is 23.9. The molecule has 1 aromatic heterocycles. The van der Waals surface area contributed by atoms with E-state index in [-0.39, 0.29) is 23.6 Å². The van der Waals surface area contributed by atoms with Gasteiger partial charge in [0.2, 0.25) is 0 Å². The number of rotatable bonds is 9. The van der Waals surface area contributed by atoms with Crippen LogP contribution in [0.15, 0.2) is 78.9 Å². The zero-order valence-electron chi connectivity index (χ0n) is 21.3. The monoisotopic (exact) mass is 500 g/mol. The number of aromatic amines is 1. The maximum Gasteiger partial charge on any atom is 0.137 e. The first-order chi connectivity index (χ1) is 18.1. The van der Waals surface area contributed by atoms with Crippen molar-refractivity contribution in [2.45, 2.75) is 38.1 Å². The van der Waals surface area contributed by atoms with E-state index in [1.807, 2.05) is 42.5 Å². The molecule has 1 unspecified atom stereocenters. The van der Waals surface area contributed by atoms with Gasteiger partial charge < -0.3 is 10.3 Å². The van der Waals surface area contributed by atoms with Crippen LogP contribution >= 0.6 is 0 Å². The van der Waals surface area contributed by atoms with Gasteiger partial charge in [-0.2, -0.15) is 0 Å². The third-order valence-electron chi connectivity index (χ3n) is 7.39. The van der Waals surface area contributed by atoms with Crippen LogP contribution in [-0.2, 0) is 0 Å². The van der Waals surface area contributed by atoms with Crippen molar-refractivity contribution < 1.29 is 8.78 Å². The highest BCUT2D eigenvalue weighted by Gasteiger charge is 2.27. The molecule has 0 spiro atoms. The smallest absolute Gasteiger partial charge is 0.137 e. The first-order valence-corrected chi connectivity index (χ1v) is 13.2. The van der Waals surface area contributed by atoms with Crippen LogP contribution in [0.3, 0.4) is 0 Å². The van der Waals surface area contributed by atoms with E-state index in [1.54, 1.807) is 0 Å². The van der Waals surface area contributed by atoms with Gasteiger partial charge in [-0.05, 0) is 55.2 Å². The molecule has 0 amide bonds. The maximum absolute atomic E-state index is 13.6. The van der Waals surface area contributed by atoms with Crippen molar-refractivity contribution in [3.05, 3.63) is 113 Å². The van der Waals surface area contributed by atoms with E-state index in [9.17, 15) is 8.78 Å². The number of hydrogen-bond donors (Lipinski definition) is 2. The Morgan fingerprint density at radius 2 is 1.41 bits per heavy atom. The zero-order chi connectivity index (χ0) is 25.6. The molecule has 1 aliphatic heterocycles. The lowest BCUT2D eigenvalue weighted by Gasteiger charge is -2.35. The molecule has 1 fully saturated rings. The molecule has 2 N–H and O–H groups in total. The summed E-state index contributed by atoms with van der Waals surface area (Å²) < 4.78 is 27.3. The summed E-state index contributed by atoms with van der Waals surface area (Å²) in [5.74, 6) is 0.487. The molecule has 0 aliphatic carbocycles. The van der Waals surface area contributed by atoms with Gasteiger partial charge in [0.25, 0.3) is 0 Å². The number of piperazine rings is 1. The van der Waals surface area contributed by atoms with Crippen LogP contribution in [0.2, 0.25) is 0 Å². The van der Waals surface area contributed by atoms with E-state index in [2.05, 4.69) is 34.3 Å². The average Bonchev–Trinajstić information content (AvgIpc) is 3.32. The zero-order valence-corrected chi connectivity index (χ0v) is 21.3. The SMILES string of the molecule is Cc1[nH]c(-c2ccccc2)nc1C(CCCC(c1ccc(F)cc1)c1ccc(F)cc1)N1CCNCC1. The van der Waals surface area contributed by atoms with E-state index in [0.29, 0.717) is 0 Å². The third-order valence-corrected chi connectivity index (χ3v) is 7.39. The summed E-state index contributed by atoms with van der Waals surface area (Å²) in [5, 5.41) is 3.46. The molecule has 1 saturated heterocycles. The predicted molar refractivity (Wildman–Crippen MR) is 144 cm³/mol. The van der Waals surface area contributed by atoms with Gasteiger partial charge in [0.15, 0.2) is 0 Å². The lowest BCUT2D eigenvalue weighted by Crippen LogP contribution is -2.45. The third kappa shape index (κ3) is 6.14. The van der Waals surface area contributed by atoms with Crippen LogP contribution in [0, 0.1) is 18.6 Å². The average molecular weight is 501 g/mol. The first kappa shape index (κ1) is 25.3. The van der Waals surface area contributed by atoms with Gasteiger partial charge in [0.1, 0.15) is 17.5 Å². The summed E-state index contributed by atoms with van der Waals surface area (Å²) in [7, 11) is 0. The lowest BCUT2D eigenvalue weighted by atomic mass is 9.86. The second-order valence-corrected chi connectivity index (χ2v) is 9.85. The molecular formula is C31H34F2N4. The lowest BCUT2D eigenvalue weighted by molar-refractivity contribution is 0.159. The van der Waals surface area contributed by atoms with Gasteiger partial charge in [-0.1, -0.05) is 61.0 Å². The molecule has 4 aromatic rings. The molecule has 3 aromatic carbocycles. The summed E-state index contributed by atoms with van der Waals surface area (Å²) in [6.45, 7) is 6.02. The van der Waals surface area contributed by atoms with Crippen molar-refractivity contribution in [1.29, 1.82) is 0 Å². The fourth-order valence-corrected chi connectivity index (χ4v) is 5.45. The Balaban J connectivity index is 1.38. The highest BCUT2D eigenvalue weighted by molar-refractivity contribution is 5.55. The van der Waals surface area contributed by atoms with E-state index in [1.165, 1.54) is 24.3 Å². The van der Waals surface area contributed by atoms with E-state index < -0.39 is 0 Å². The molecule has 1 aliphatic rings. The number of aryl methyl sites for hydroxylation is 1. The van der Waals surface area contributed by atoms with Crippen LogP contribution < -0.4 is 5.32 Å². The Morgan fingerprint density at radius 3 is 2.00 bits per heavy atom. The molecule has 1 atom stereocenters. The maximum atomic E-state index is 13.6. The molecule has 0 bridgehead atoms. The van der Waals surface area contributed by atoms with Crippen molar-refractivity contribution in [1.82, 2.24) is 20.2 Å². The standard InChI is InChI=1S/C31H34F2N4/c1-22-30(36-31(35-22)25-6-3-2-4-7-25)29(37-20-18-34-19-21-37)9-5-8-28(23-10-14-26(32)15-11-23)24-12-16-27(33)17-13-24/h2-4,6-7,10-17,28-29,34H,5,8-9,18-21H2,1H3,(H,35,36). The van der Waals surface area contributed by atoms with E-state index >= 15 is 0 Å². The fraction of sp³-hybridized carbons (Fsp3) is 0.323. The Kier molecular flexibility index (Phi) is 8.07. The molecular weight excluding hydrogens is 466 g/mol. The molecule has 2 heterocycles. The molecule has 0 saturated carbocycles. The van der Waals surface area contributed by atoms with Crippen molar-refractivity contribution in [3.63, 3.8) is 0 Å². The first-order valence-electron chi connectivity index (χ1n) is 13.2. The summed E-state index contributed by atoms with van der Waals surface area (Å²) >= 11 is 0. The second-order valence-electron chi connectivity index (χ2n) is 9.85.